The smallest absolute Gasteiger partial charge is 0.298 e. The van der Waals surface area contributed by atoms with Crippen LogP contribution in [0, 0.1) is 0 Å². The SMILES string of the molecule is Nc1ccc2oc(N3CCn4cnnc4C3)nc2c1. The highest BCUT2D eigenvalue weighted by Gasteiger charge is 2.21. The van der Waals surface area contributed by atoms with Gasteiger partial charge in [-0.1, -0.05) is 0 Å². The molecule has 0 saturated carbocycles. The number of nitrogens with two attached hydrogens (primary N) is 1. The molecule has 0 unspecified atom stereocenters. The van der Waals surface area contributed by atoms with Gasteiger partial charge in [-0.3, -0.25) is 0 Å². The van der Waals surface area contributed by atoms with E-state index in [-0.39, 0.29) is 0 Å². The lowest BCUT2D eigenvalue weighted by molar-refractivity contribution is 0.500. The summed E-state index contributed by atoms with van der Waals surface area (Å²) >= 11 is 0. The van der Waals surface area contributed by atoms with Crippen molar-refractivity contribution >= 4 is 22.8 Å². The molecule has 0 radical (unpaired) electrons. The lowest BCUT2D eigenvalue weighted by atomic mass is 10.3. The summed E-state index contributed by atoms with van der Waals surface area (Å²) in [6.07, 6.45) is 1.75. The van der Waals surface area contributed by atoms with Crippen LogP contribution in [0.5, 0.6) is 0 Å². The number of oxazole rings is 1. The van der Waals surface area contributed by atoms with Crippen LogP contribution >= 0.6 is 0 Å². The van der Waals surface area contributed by atoms with Crippen molar-refractivity contribution in [3.63, 3.8) is 0 Å². The summed E-state index contributed by atoms with van der Waals surface area (Å²) in [5.74, 6) is 0.924. The van der Waals surface area contributed by atoms with E-state index in [1.54, 1.807) is 6.33 Å². The van der Waals surface area contributed by atoms with E-state index in [2.05, 4.69) is 20.1 Å². The van der Waals surface area contributed by atoms with Crippen molar-refractivity contribution in [2.24, 2.45) is 0 Å². The van der Waals surface area contributed by atoms with Crippen LogP contribution in [0.2, 0.25) is 0 Å². The van der Waals surface area contributed by atoms with Crippen molar-refractivity contribution in [3.05, 3.63) is 30.4 Å². The molecular formula is C12H12N6O. The number of rotatable bonds is 1. The second-order valence-corrected chi connectivity index (χ2v) is 4.59. The second-order valence-electron chi connectivity index (χ2n) is 4.59. The van der Waals surface area contributed by atoms with Gasteiger partial charge >= 0.3 is 0 Å². The first kappa shape index (κ1) is 10.4. The molecule has 2 N–H and O–H groups in total. The fourth-order valence-corrected chi connectivity index (χ4v) is 2.30. The van der Waals surface area contributed by atoms with Gasteiger partial charge < -0.3 is 19.6 Å². The van der Waals surface area contributed by atoms with Gasteiger partial charge in [-0.15, -0.1) is 10.2 Å². The van der Waals surface area contributed by atoms with Gasteiger partial charge in [0.2, 0.25) is 0 Å². The second kappa shape index (κ2) is 3.71. The zero-order valence-electron chi connectivity index (χ0n) is 10.2. The maximum atomic E-state index is 5.76. The van der Waals surface area contributed by atoms with Gasteiger partial charge in [-0.2, -0.15) is 4.98 Å². The Morgan fingerprint density at radius 3 is 3.16 bits per heavy atom. The number of fused-ring (bicyclic) bond motifs is 2. The van der Waals surface area contributed by atoms with Crippen LogP contribution in [0.15, 0.2) is 28.9 Å². The molecule has 0 amide bonds. The lowest BCUT2D eigenvalue weighted by Crippen LogP contribution is -2.33. The Balaban J connectivity index is 1.71. The van der Waals surface area contributed by atoms with Crippen molar-refractivity contribution in [3.8, 4) is 0 Å². The molecule has 96 valence electrons. The van der Waals surface area contributed by atoms with Gasteiger partial charge in [0, 0.05) is 18.8 Å². The van der Waals surface area contributed by atoms with Crippen molar-refractivity contribution in [1.82, 2.24) is 19.7 Å². The first-order chi connectivity index (χ1) is 9.29. The number of nitrogens with zero attached hydrogens (tertiary/aromatic N) is 5. The number of hydrogen-bond donors (Lipinski definition) is 1. The summed E-state index contributed by atoms with van der Waals surface area (Å²) < 4.78 is 7.79. The Morgan fingerprint density at radius 2 is 2.21 bits per heavy atom. The zero-order valence-corrected chi connectivity index (χ0v) is 10.2. The molecule has 2 aromatic heterocycles. The van der Waals surface area contributed by atoms with E-state index in [1.165, 1.54) is 0 Å². The molecule has 1 aliphatic rings. The molecule has 1 aromatic carbocycles. The molecule has 3 heterocycles. The average molecular weight is 256 g/mol. The summed E-state index contributed by atoms with van der Waals surface area (Å²) in [5, 5.41) is 7.99. The summed E-state index contributed by atoms with van der Waals surface area (Å²) in [6, 6.07) is 6.07. The summed E-state index contributed by atoms with van der Waals surface area (Å²) in [5.41, 5.74) is 7.96. The number of anilines is 2. The molecule has 0 spiro atoms. The van der Waals surface area contributed by atoms with Gasteiger partial charge in [-0.05, 0) is 18.2 Å². The van der Waals surface area contributed by atoms with Gasteiger partial charge in [0.05, 0.1) is 6.54 Å². The van der Waals surface area contributed by atoms with E-state index in [0.717, 1.165) is 30.0 Å². The van der Waals surface area contributed by atoms with E-state index in [0.29, 0.717) is 18.2 Å². The van der Waals surface area contributed by atoms with E-state index in [1.807, 2.05) is 22.8 Å². The number of benzene rings is 1. The maximum absolute atomic E-state index is 5.76. The monoisotopic (exact) mass is 256 g/mol. The van der Waals surface area contributed by atoms with Gasteiger partial charge in [0.15, 0.2) is 11.4 Å². The third-order valence-corrected chi connectivity index (χ3v) is 3.31. The van der Waals surface area contributed by atoms with Crippen molar-refractivity contribution in [2.75, 3.05) is 17.2 Å². The number of hydrogen-bond acceptors (Lipinski definition) is 6. The molecule has 0 bridgehead atoms. The molecule has 7 nitrogen and oxygen atoms in total. The third-order valence-electron chi connectivity index (χ3n) is 3.31. The maximum Gasteiger partial charge on any atom is 0.298 e. The van der Waals surface area contributed by atoms with E-state index >= 15 is 0 Å². The zero-order chi connectivity index (χ0) is 12.8. The molecule has 0 fully saturated rings. The fraction of sp³-hybridized carbons (Fsp3) is 0.250. The van der Waals surface area contributed by atoms with Gasteiger partial charge in [-0.25, -0.2) is 0 Å². The predicted molar refractivity (Wildman–Crippen MR) is 69.5 cm³/mol. The molecule has 7 heteroatoms. The summed E-state index contributed by atoms with van der Waals surface area (Å²) in [6.45, 7) is 2.32. The van der Waals surface area contributed by atoms with Crippen LogP contribution in [0.3, 0.4) is 0 Å². The first-order valence-corrected chi connectivity index (χ1v) is 6.07. The lowest BCUT2D eigenvalue weighted by Gasteiger charge is -2.25. The molecule has 19 heavy (non-hydrogen) atoms. The minimum Gasteiger partial charge on any atom is -0.423 e. The van der Waals surface area contributed by atoms with Crippen LogP contribution in [-0.4, -0.2) is 26.3 Å². The van der Waals surface area contributed by atoms with Crippen LogP contribution in [0.4, 0.5) is 11.7 Å². The van der Waals surface area contributed by atoms with Gasteiger partial charge in [0.25, 0.3) is 6.01 Å². The van der Waals surface area contributed by atoms with Crippen LogP contribution < -0.4 is 10.6 Å². The Morgan fingerprint density at radius 1 is 1.26 bits per heavy atom. The Kier molecular flexibility index (Phi) is 2.02. The minimum absolute atomic E-state index is 0.606. The average Bonchev–Trinajstić information content (AvgIpc) is 3.02. The molecular weight excluding hydrogens is 244 g/mol. The summed E-state index contributed by atoms with van der Waals surface area (Å²) in [7, 11) is 0. The highest BCUT2D eigenvalue weighted by Crippen LogP contribution is 2.25. The molecule has 1 aliphatic heterocycles. The van der Waals surface area contributed by atoms with E-state index < -0.39 is 0 Å². The Bertz CT molecular complexity index is 746. The molecule has 3 aromatic rings. The van der Waals surface area contributed by atoms with E-state index in [9.17, 15) is 0 Å². The normalized spacial score (nSPS) is 14.8. The van der Waals surface area contributed by atoms with Crippen molar-refractivity contribution in [2.45, 2.75) is 13.1 Å². The van der Waals surface area contributed by atoms with Crippen molar-refractivity contribution < 1.29 is 4.42 Å². The van der Waals surface area contributed by atoms with Crippen molar-refractivity contribution in [1.29, 1.82) is 0 Å². The quantitative estimate of drug-likeness (QED) is 0.654. The van der Waals surface area contributed by atoms with E-state index in [4.69, 9.17) is 10.2 Å². The van der Waals surface area contributed by atoms with Crippen LogP contribution in [0.1, 0.15) is 5.82 Å². The fourth-order valence-electron chi connectivity index (χ4n) is 2.30. The molecule has 0 saturated heterocycles. The Hall–Kier alpha value is -2.57. The highest BCUT2D eigenvalue weighted by atomic mass is 16.4. The topological polar surface area (TPSA) is 86.0 Å². The van der Waals surface area contributed by atoms with Crippen LogP contribution in [0.25, 0.3) is 11.1 Å². The largest absolute Gasteiger partial charge is 0.423 e. The standard InChI is InChI=1S/C12H12N6O/c13-8-1-2-10-9(5-8)15-12(19-10)17-3-4-18-7-14-16-11(18)6-17/h1-2,5,7H,3-4,6,13H2. The molecule has 4 rings (SSSR count). The summed E-state index contributed by atoms with van der Waals surface area (Å²) in [4.78, 5) is 6.53. The van der Waals surface area contributed by atoms with Gasteiger partial charge in [0.1, 0.15) is 11.8 Å². The molecule has 0 aliphatic carbocycles. The van der Waals surface area contributed by atoms with Crippen LogP contribution in [-0.2, 0) is 13.1 Å². The highest BCUT2D eigenvalue weighted by molar-refractivity contribution is 5.78. The third kappa shape index (κ3) is 1.62. The number of aromatic nitrogens is 4. The molecule has 0 atom stereocenters. The Labute approximate surface area is 108 Å². The first-order valence-electron chi connectivity index (χ1n) is 6.07. The predicted octanol–water partition coefficient (Wildman–Crippen LogP) is 1.02. The minimum atomic E-state index is 0.606. The number of nitrogen functional groups attached to an aromatic ring is 1.